The highest BCUT2D eigenvalue weighted by Crippen LogP contribution is 2.01. The van der Waals surface area contributed by atoms with Gasteiger partial charge in [-0.2, -0.15) is 0 Å². The predicted octanol–water partition coefficient (Wildman–Crippen LogP) is 1.23. The van der Waals surface area contributed by atoms with Gasteiger partial charge in [-0.05, 0) is 18.9 Å². The molecule has 0 atom stereocenters. The quantitative estimate of drug-likeness (QED) is 0.441. The molecule has 2 N–H and O–H groups in total. The molecule has 1 amide bonds. The molecule has 0 aliphatic heterocycles. The first-order chi connectivity index (χ1) is 6.31. The normalized spacial score (nSPS) is 9.62. The lowest BCUT2D eigenvalue weighted by molar-refractivity contribution is -0.116. The van der Waals surface area contributed by atoms with Gasteiger partial charge in [0.1, 0.15) is 0 Å². The topological polar surface area (TPSA) is 49.3 Å². The van der Waals surface area contributed by atoms with Crippen LogP contribution in [-0.2, 0) is 4.79 Å². The van der Waals surface area contributed by atoms with E-state index < -0.39 is 0 Å². The number of carbonyl (C=O) groups excluding carboxylic acids is 1. The molecule has 0 aliphatic rings. The second-order valence-electron chi connectivity index (χ2n) is 2.99. The second kappa shape index (κ2) is 9.26. The van der Waals surface area contributed by atoms with E-state index >= 15 is 0 Å². The predicted molar refractivity (Wildman–Crippen MR) is 53.4 cm³/mol. The summed E-state index contributed by atoms with van der Waals surface area (Å²) >= 11 is 0. The smallest absolute Gasteiger partial charge is 0.243 e. The number of aliphatic hydroxyl groups is 1. The van der Waals surface area contributed by atoms with Gasteiger partial charge in [-0.25, -0.2) is 0 Å². The number of aliphatic hydroxyl groups excluding tert-OH is 1. The summed E-state index contributed by atoms with van der Waals surface area (Å²) in [5.74, 6) is -0.102. The highest BCUT2D eigenvalue weighted by atomic mass is 16.2. The van der Waals surface area contributed by atoms with Crippen LogP contribution >= 0.6 is 0 Å². The van der Waals surface area contributed by atoms with E-state index in [1.165, 1.54) is 6.08 Å². The number of nitrogens with one attached hydrogen (secondary N) is 1. The maximum atomic E-state index is 10.7. The van der Waals surface area contributed by atoms with E-state index in [-0.39, 0.29) is 12.5 Å². The first-order valence-electron chi connectivity index (χ1n) is 4.82. The van der Waals surface area contributed by atoms with Gasteiger partial charge < -0.3 is 10.4 Å². The third-order valence-electron chi connectivity index (χ3n) is 1.82. The van der Waals surface area contributed by atoms with Gasteiger partial charge in [-0.1, -0.05) is 25.8 Å². The van der Waals surface area contributed by atoms with Crippen LogP contribution in [0.1, 0.15) is 32.1 Å². The standard InChI is InChI=1S/C10H19NO2/c1-2-10(13)11-8-6-4-3-5-7-9-12/h2,12H,1,3-9H2,(H,11,13). The van der Waals surface area contributed by atoms with Gasteiger partial charge in [0.15, 0.2) is 0 Å². The molecule has 3 nitrogen and oxygen atoms in total. The summed E-state index contributed by atoms with van der Waals surface area (Å²) in [6.45, 7) is 4.37. The molecule has 0 saturated heterocycles. The van der Waals surface area contributed by atoms with Crippen LogP contribution in [0, 0.1) is 0 Å². The van der Waals surface area contributed by atoms with Gasteiger partial charge in [0, 0.05) is 13.2 Å². The second-order valence-corrected chi connectivity index (χ2v) is 2.99. The van der Waals surface area contributed by atoms with Crippen molar-refractivity contribution in [2.45, 2.75) is 32.1 Å². The van der Waals surface area contributed by atoms with Crippen molar-refractivity contribution >= 4 is 5.91 Å². The first kappa shape index (κ1) is 12.2. The minimum Gasteiger partial charge on any atom is -0.396 e. The van der Waals surface area contributed by atoms with Crippen molar-refractivity contribution in [2.75, 3.05) is 13.2 Å². The lowest BCUT2D eigenvalue weighted by Gasteiger charge is -2.01. The van der Waals surface area contributed by atoms with Crippen LogP contribution in [0.2, 0.25) is 0 Å². The molecule has 0 aromatic rings. The molecule has 0 heterocycles. The molecule has 13 heavy (non-hydrogen) atoms. The van der Waals surface area contributed by atoms with Crippen molar-refractivity contribution in [3.05, 3.63) is 12.7 Å². The molecule has 0 aromatic heterocycles. The van der Waals surface area contributed by atoms with Crippen molar-refractivity contribution < 1.29 is 9.90 Å². The molecule has 0 saturated carbocycles. The van der Waals surface area contributed by atoms with Crippen molar-refractivity contribution in [3.8, 4) is 0 Å². The van der Waals surface area contributed by atoms with Crippen LogP contribution in [0.25, 0.3) is 0 Å². The molecule has 3 heteroatoms. The van der Waals surface area contributed by atoms with Crippen molar-refractivity contribution in [1.29, 1.82) is 0 Å². The van der Waals surface area contributed by atoms with Crippen LogP contribution in [-0.4, -0.2) is 24.2 Å². The Kier molecular flexibility index (Phi) is 8.67. The molecule has 0 aliphatic carbocycles. The average Bonchev–Trinajstić information content (AvgIpc) is 2.16. The molecular weight excluding hydrogens is 166 g/mol. The Morgan fingerprint density at radius 1 is 1.23 bits per heavy atom. The van der Waals surface area contributed by atoms with Crippen molar-refractivity contribution in [2.24, 2.45) is 0 Å². The van der Waals surface area contributed by atoms with Gasteiger partial charge in [0.25, 0.3) is 0 Å². The van der Waals surface area contributed by atoms with E-state index in [0.29, 0.717) is 0 Å². The number of hydrogen-bond acceptors (Lipinski definition) is 2. The summed E-state index contributed by atoms with van der Waals surface area (Å²) in [5, 5.41) is 11.2. The van der Waals surface area contributed by atoms with Crippen LogP contribution in [0.3, 0.4) is 0 Å². The Labute approximate surface area is 79.8 Å². The molecule has 0 bridgehead atoms. The zero-order valence-electron chi connectivity index (χ0n) is 8.09. The maximum absolute atomic E-state index is 10.7. The minimum absolute atomic E-state index is 0.102. The molecule has 76 valence electrons. The zero-order valence-corrected chi connectivity index (χ0v) is 8.09. The molecule has 0 rings (SSSR count). The fraction of sp³-hybridized carbons (Fsp3) is 0.700. The minimum atomic E-state index is -0.102. The monoisotopic (exact) mass is 185 g/mol. The Morgan fingerprint density at radius 3 is 2.46 bits per heavy atom. The van der Waals surface area contributed by atoms with Crippen molar-refractivity contribution in [3.63, 3.8) is 0 Å². The number of carbonyl (C=O) groups is 1. The lowest BCUT2D eigenvalue weighted by atomic mass is 10.1. The van der Waals surface area contributed by atoms with Gasteiger partial charge in [-0.3, -0.25) is 4.79 Å². The summed E-state index contributed by atoms with van der Waals surface area (Å²) < 4.78 is 0. The number of rotatable bonds is 8. The summed E-state index contributed by atoms with van der Waals surface area (Å²) in [6, 6.07) is 0. The van der Waals surface area contributed by atoms with Crippen LogP contribution < -0.4 is 5.32 Å². The number of amides is 1. The molecule has 0 unspecified atom stereocenters. The SMILES string of the molecule is C=CC(=O)NCCCCCCCO. The van der Waals surface area contributed by atoms with Crippen LogP contribution in [0.5, 0.6) is 0 Å². The van der Waals surface area contributed by atoms with Gasteiger partial charge in [0.2, 0.25) is 5.91 Å². The zero-order chi connectivity index (χ0) is 9.94. The average molecular weight is 185 g/mol. The van der Waals surface area contributed by atoms with E-state index in [0.717, 1.165) is 38.6 Å². The van der Waals surface area contributed by atoms with E-state index in [2.05, 4.69) is 11.9 Å². The summed E-state index contributed by atoms with van der Waals surface area (Å²) in [6.07, 6.45) is 6.49. The van der Waals surface area contributed by atoms with E-state index in [1.54, 1.807) is 0 Å². The van der Waals surface area contributed by atoms with E-state index in [9.17, 15) is 4.79 Å². The Morgan fingerprint density at radius 2 is 1.85 bits per heavy atom. The number of unbranched alkanes of at least 4 members (excludes halogenated alkanes) is 4. The third kappa shape index (κ3) is 9.08. The summed E-state index contributed by atoms with van der Waals surface area (Å²) in [5.41, 5.74) is 0. The fourth-order valence-corrected chi connectivity index (χ4v) is 1.05. The van der Waals surface area contributed by atoms with Gasteiger partial charge in [-0.15, -0.1) is 0 Å². The number of hydrogen-bond donors (Lipinski definition) is 2. The van der Waals surface area contributed by atoms with Crippen LogP contribution in [0.15, 0.2) is 12.7 Å². The Bertz CT molecular complexity index is 146. The first-order valence-corrected chi connectivity index (χ1v) is 4.82. The summed E-state index contributed by atoms with van der Waals surface area (Å²) in [7, 11) is 0. The molecule has 0 fully saturated rings. The molecule has 0 radical (unpaired) electrons. The molecule has 0 spiro atoms. The highest BCUT2D eigenvalue weighted by Gasteiger charge is 1.92. The summed E-state index contributed by atoms with van der Waals surface area (Å²) in [4.78, 5) is 10.7. The third-order valence-corrected chi connectivity index (χ3v) is 1.82. The van der Waals surface area contributed by atoms with Crippen molar-refractivity contribution in [1.82, 2.24) is 5.32 Å². The highest BCUT2D eigenvalue weighted by molar-refractivity contribution is 5.86. The molecular formula is C10H19NO2. The largest absolute Gasteiger partial charge is 0.396 e. The van der Waals surface area contributed by atoms with Crippen LogP contribution in [0.4, 0.5) is 0 Å². The molecule has 0 aromatic carbocycles. The Balaban J connectivity index is 2.99. The van der Waals surface area contributed by atoms with Gasteiger partial charge in [0.05, 0.1) is 0 Å². The van der Waals surface area contributed by atoms with E-state index in [4.69, 9.17) is 5.11 Å². The fourth-order valence-electron chi connectivity index (χ4n) is 1.05. The maximum Gasteiger partial charge on any atom is 0.243 e. The van der Waals surface area contributed by atoms with Gasteiger partial charge >= 0.3 is 0 Å². The Hall–Kier alpha value is -0.830. The van der Waals surface area contributed by atoms with E-state index in [1.807, 2.05) is 0 Å². The lowest BCUT2D eigenvalue weighted by Crippen LogP contribution is -2.21.